The van der Waals surface area contributed by atoms with Crippen molar-refractivity contribution in [3.8, 4) is 5.75 Å². The second-order valence-electron chi connectivity index (χ2n) is 27.1. The minimum atomic E-state index is -1.80. The van der Waals surface area contributed by atoms with Gasteiger partial charge in [-0.05, 0) is 99.9 Å². The molecule has 3 unspecified atom stereocenters. The number of phenols is 1. The van der Waals surface area contributed by atoms with Gasteiger partial charge < -0.3 is 106 Å². The first-order valence-electron chi connectivity index (χ1n) is 36.5. The standard InChI is InChI=1S/C72H109N19O18/c1-10-39(7)59(71(108)81-46(11-2)60(75)97)90-63(100)48(13-4)82-64(101)49(22-17-18-28-73)84-65(102)51(32-44-34-76-37-78-44)85-61(98)40(8)79-69(106)55-23-19-29-91(55)72(109)53(31-42-20-15-14-16-21-42)88-70(107)58(38(5)6)89-67(104)50(30-43-24-26-45(94)27-25-43)86-66(103)52(33-56(74)95)87-62(99)47(12-3)83-68(105)54(36-92)80-57(96)35-77-41(9)93/h14-16,20-21,24-27,34,37-40,46-55,58-59,92,94H,10-13,17-19,22-23,28-33,35-36,73H2,1-9H3,(H2,74,95)(H2,75,97)(H,76,78)(H,77,93)(H,79,106)(H,80,96)(H,81,108)(H,82,101)(H,83,105)(H,84,102)(H,85,98)(H,86,103)(H,87,99)(H,88,107)(H,89,104)(H,90,100)/t39-,40-,46?,47?,48?,49-,50-,51-,52-,53-,54-,55-,58-,59-/m0/s1. The molecule has 3 aromatic rings. The Morgan fingerprint density at radius 3 is 1.60 bits per heavy atom. The Labute approximate surface area is 632 Å². The van der Waals surface area contributed by atoms with Crippen molar-refractivity contribution in [1.82, 2.24) is 84.0 Å². The topological polar surface area (TPSA) is 580 Å². The summed E-state index contributed by atoms with van der Waals surface area (Å²) in [6, 6.07) is -3.94. The Morgan fingerprint density at radius 2 is 1.04 bits per heavy atom. The van der Waals surface area contributed by atoms with Crippen molar-refractivity contribution >= 4 is 94.5 Å². The van der Waals surface area contributed by atoms with Crippen LogP contribution in [0, 0.1) is 11.8 Å². The first kappa shape index (κ1) is 90.3. The van der Waals surface area contributed by atoms with Crippen LogP contribution in [0.4, 0.5) is 0 Å². The summed E-state index contributed by atoms with van der Waals surface area (Å²) in [7, 11) is 0. The predicted molar refractivity (Wildman–Crippen MR) is 395 cm³/mol. The van der Waals surface area contributed by atoms with E-state index >= 15 is 4.79 Å². The molecule has 37 nitrogen and oxygen atoms in total. The van der Waals surface area contributed by atoms with Crippen LogP contribution in [0.1, 0.15) is 143 Å². The van der Waals surface area contributed by atoms with E-state index in [1.807, 2.05) is 0 Å². The number of aromatic amines is 1. The summed E-state index contributed by atoms with van der Waals surface area (Å²) in [5.74, 6) is -14.9. The molecule has 2 aromatic carbocycles. The molecule has 109 heavy (non-hydrogen) atoms. The van der Waals surface area contributed by atoms with Gasteiger partial charge in [0, 0.05) is 44.6 Å². The third-order valence-electron chi connectivity index (χ3n) is 18.2. The zero-order chi connectivity index (χ0) is 81.2. The molecule has 0 radical (unpaired) electrons. The van der Waals surface area contributed by atoms with Crippen LogP contribution in [0.15, 0.2) is 67.1 Å². The van der Waals surface area contributed by atoms with E-state index in [1.54, 1.807) is 71.9 Å². The van der Waals surface area contributed by atoms with Gasteiger partial charge in [-0.2, -0.15) is 0 Å². The third-order valence-corrected chi connectivity index (χ3v) is 18.2. The fraction of sp³-hybridized carbons (Fsp3) is 0.569. The smallest absolute Gasteiger partial charge is 0.246 e. The highest BCUT2D eigenvalue weighted by atomic mass is 16.3. The van der Waals surface area contributed by atoms with E-state index < -0.39 is 204 Å². The number of hydrogen-bond donors (Lipinski definition) is 19. The molecule has 1 saturated heterocycles. The van der Waals surface area contributed by atoms with Gasteiger partial charge in [0.15, 0.2) is 0 Å². The molecule has 0 aliphatic carbocycles. The van der Waals surface area contributed by atoms with Crippen molar-refractivity contribution < 1.29 is 86.9 Å². The second-order valence-corrected chi connectivity index (χ2v) is 27.1. The Morgan fingerprint density at radius 1 is 0.541 bits per heavy atom. The third kappa shape index (κ3) is 29.5. The summed E-state index contributed by atoms with van der Waals surface area (Å²) in [6.45, 7) is 12.8. The SMILES string of the molecule is CCC(NC(=O)[C@@H](NC(=O)C(CC)NC(=O)[C@H](CCCCN)NC(=O)[C@H](Cc1cnc[nH]1)NC(=O)[C@H](C)NC(=O)[C@@H]1CCCN1C(=O)[C@H](Cc1ccccc1)NC(=O)[C@@H](NC(=O)[C@H](Cc1ccc(O)cc1)NC(=O)[C@H](CC(N)=O)NC(=O)C(CC)NC(=O)[C@H](CO)NC(=O)CNC(C)=O)C(C)C)[C@@H](C)CC)C(N)=O. The number of rotatable bonds is 46. The molecule has 1 aromatic heterocycles. The van der Waals surface area contributed by atoms with Crippen LogP contribution < -0.4 is 86.3 Å². The molecule has 1 aliphatic rings. The van der Waals surface area contributed by atoms with E-state index in [-0.39, 0.29) is 70.2 Å². The molecule has 4 rings (SSSR count). The maximum atomic E-state index is 15.1. The molecular formula is C72H109N19O18. The molecule has 16 amide bonds. The summed E-state index contributed by atoms with van der Waals surface area (Å²) < 4.78 is 0. The minimum Gasteiger partial charge on any atom is -0.508 e. The van der Waals surface area contributed by atoms with E-state index in [4.69, 9.17) is 17.2 Å². The zero-order valence-corrected chi connectivity index (χ0v) is 63.1. The van der Waals surface area contributed by atoms with Crippen LogP contribution >= 0.6 is 0 Å². The van der Waals surface area contributed by atoms with Gasteiger partial charge in [-0.25, -0.2) is 4.98 Å². The predicted octanol–water partition coefficient (Wildman–Crippen LogP) is -4.48. The van der Waals surface area contributed by atoms with Crippen LogP contribution in [-0.4, -0.2) is 224 Å². The first-order valence-corrected chi connectivity index (χ1v) is 36.5. The van der Waals surface area contributed by atoms with Crippen molar-refractivity contribution in [2.24, 2.45) is 29.0 Å². The summed E-state index contributed by atoms with van der Waals surface area (Å²) in [4.78, 5) is 227. The monoisotopic (exact) mass is 1530 g/mol. The molecular weight excluding hydrogens is 1420 g/mol. The van der Waals surface area contributed by atoms with Gasteiger partial charge >= 0.3 is 0 Å². The Kier molecular flexibility index (Phi) is 37.7. The maximum absolute atomic E-state index is 15.1. The molecule has 0 saturated carbocycles. The number of phenolic OH excluding ortho intramolecular Hbond substituents is 1. The van der Waals surface area contributed by atoms with E-state index in [9.17, 15) is 82.1 Å². The minimum absolute atomic E-state index is 0.0161. The highest BCUT2D eigenvalue weighted by Gasteiger charge is 2.42. The lowest BCUT2D eigenvalue weighted by Gasteiger charge is -2.31. The number of carbonyl (C=O) groups excluding carboxylic acids is 16. The lowest BCUT2D eigenvalue weighted by atomic mass is 9.97. The molecule has 14 atom stereocenters. The van der Waals surface area contributed by atoms with Crippen LogP contribution in [0.2, 0.25) is 0 Å². The number of imidazole rings is 1. The van der Waals surface area contributed by atoms with Crippen molar-refractivity contribution in [2.45, 2.75) is 224 Å². The van der Waals surface area contributed by atoms with Crippen LogP contribution in [0.5, 0.6) is 5.75 Å². The Hall–Kier alpha value is -11.1. The summed E-state index contributed by atoms with van der Waals surface area (Å²) in [5, 5.41) is 53.1. The number of aliphatic hydroxyl groups is 1. The van der Waals surface area contributed by atoms with Crippen molar-refractivity contribution in [2.75, 3.05) is 26.2 Å². The first-order chi connectivity index (χ1) is 51.7. The number of H-pyrrole nitrogens is 1. The van der Waals surface area contributed by atoms with Gasteiger partial charge in [-0.3, -0.25) is 76.7 Å². The summed E-state index contributed by atoms with van der Waals surface area (Å²) in [5.41, 5.74) is 18.1. The van der Waals surface area contributed by atoms with E-state index in [1.165, 1.54) is 55.5 Å². The number of aromatic nitrogens is 2. The number of hydrogen-bond acceptors (Lipinski definition) is 20. The number of benzene rings is 2. The van der Waals surface area contributed by atoms with E-state index in [0.717, 1.165) is 6.92 Å². The van der Waals surface area contributed by atoms with E-state index in [0.29, 0.717) is 42.5 Å². The normalized spacial score (nSPS) is 16.1. The largest absolute Gasteiger partial charge is 0.508 e. The van der Waals surface area contributed by atoms with Gasteiger partial charge in [0.05, 0.1) is 25.9 Å². The lowest BCUT2D eigenvalue weighted by molar-refractivity contribution is -0.142. The molecule has 1 aliphatic heterocycles. The van der Waals surface area contributed by atoms with Gasteiger partial charge in [0.1, 0.15) is 84.3 Å². The van der Waals surface area contributed by atoms with Crippen LogP contribution in [0.25, 0.3) is 0 Å². The van der Waals surface area contributed by atoms with E-state index in [2.05, 4.69) is 79.1 Å². The fourth-order valence-corrected chi connectivity index (χ4v) is 11.7. The Bertz CT molecular complexity index is 3600. The number of carbonyl (C=O) groups is 16. The number of nitrogens with zero attached hydrogens (tertiary/aromatic N) is 2. The summed E-state index contributed by atoms with van der Waals surface area (Å²) in [6.07, 6.45) is 3.04. The average Bonchev–Trinajstić information content (AvgIpc) is 1.72. The molecule has 600 valence electrons. The average molecular weight is 1530 g/mol. The molecule has 37 heteroatoms. The lowest BCUT2D eigenvalue weighted by Crippen LogP contribution is -2.62. The number of primary amides is 2. The number of likely N-dealkylation sites (tertiary alicyclic amines) is 1. The highest BCUT2D eigenvalue weighted by Crippen LogP contribution is 2.22. The van der Waals surface area contributed by atoms with Gasteiger partial charge in [-0.1, -0.05) is 97.4 Å². The van der Waals surface area contributed by atoms with Crippen molar-refractivity contribution in [3.63, 3.8) is 0 Å². The number of nitrogens with two attached hydrogens (primary N) is 3. The highest BCUT2D eigenvalue weighted by molar-refractivity contribution is 6.01. The molecule has 0 bridgehead atoms. The maximum Gasteiger partial charge on any atom is 0.246 e. The van der Waals surface area contributed by atoms with Crippen molar-refractivity contribution in [3.05, 3.63) is 83.9 Å². The number of aromatic hydroxyl groups is 1. The van der Waals surface area contributed by atoms with Crippen LogP contribution in [-0.2, 0) is 96.0 Å². The van der Waals surface area contributed by atoms with Gasteiger partial charge in [0.25, 0.3) is 0 Å². The number of unbranched alkanes of at least 4 members (excludes halogenated alkanes) is 1. The molecule has 2 heterocycles. The summed E-state index contributed by atoms with van der Waals surface area (Å²) >= 11 is 0. The number of amides is 16. The molecule has 0 spiro atoms. The van der Waals surface area contributed by atoms with Gasteiger partial charge in [0.2, 0.25) is 94.5 Å². The van der Waals surface area contributed by atoms with Gasteiger partial charge in [-0.15, -0.1) is 0 Å². The van der Waals surface area contributed by atoms with Crippen molar-refractivity contribution in [1.29, 1.82) is 0 Å². The Balaban J connectivity index is 1.56. The number of nitrogens with one attached hydrogen (secondary N) is 14. The molecule has 22 N–H and O–H groups in total. The fourth-order valence-electron chi connectivity index (χ4n) is 11.7. The number of aliphatic hydroxyl groups excluding tert-OH is 1. The zero-order valence-electron chi connectivity index (χ0n) is 63.1. The van der Waals surface area contributed by atoms with Crippen LogP contribution in [0.3, 0.4) is 0 Å². The molecule has 1 fully saturated rings. The quantitative estimate of drug-likeness (QED) is 0.0237. The second kappa shape index (κ2) is 45.5.